The minimum Gasteiger partial charge on any atom is -0.491 e. The first-order valence-electron chi connectivity index (χ1n) is 14.2. The van der Waals surface area contributed by atoms with Crippen LogP contribution in [0.1, 0.15) is 24.0 Å². The summed E-state index contributed by atoms with van der Waals surface area (Å²) in [7, 11) is 0. The van der Waals surface area contributed by atoms with Crippen LogP contribution in [0.3, 0.4) is 0 Å². The number of ether oxygens (including phenoxy) is 1. The lowest BCUT2D eigenvalue weighted by atomic mass is 9.90. The summed E-state index contributed by atoms with van der Waals surface area (Å²) in [6.45, 7) is 4.30. The van der Waals surface area contributed by atoms with Gasteiger partial charge in [-0.15, -0.1) is 0 Å². The van der Waals surface area contributed by atoms with Crippen LogP contribution in [0, 0.1) is 0 Å². The molecule has 0 spiro atoms. The standard InChI is InChI=1S/C32H36N4O4/c37-25(22-39-26-13-14-30-29(19-26)34-32(40-30)24-8-2-1-3-9-24)20-35-15-17-36(18-16-35)21-31(38)33-28-12-6-10-23-7-4-5-11-27(23)28/h1-3,6,8-10,12-14,19,25,37H,4-5,7,11,15-18,20-22H2,(H,33,38)/t25-/m1/s1. The van der Waals surface area contributed by atoms with Crippen molar-refractivity contribution in [1.29, 1.82) is 0 Å². The Hall–Kier alpha value is -3.72. The summed E-state index contributed by atoms with van der Waals surface area (Å²) in [5.41, 5.74) is 5.99. The average Bonchev–Trinajstić information content (AvgIpc) is 3.41. The maximum Gasteiger partial charge on any atom is 0.238 e. The van der Waals surface area contributed by atoms with Crippen LogP contribution in [0.25, 0.3) is 22.6 Å². The van der Waals surface area contributed by atoms with Gasteiger partial charge in [0, 0.05) is 50.0 Å². The van der Waals surface area contributed by atoms with Crippen LogP contribution in [0.5, 0.6) is 5.75 Å². The Balaban J connectivity index is 0.939. The highest BCUT2D eigenvalue weighted by molar-refractivity contribution is 5.93. The zero-order chi connectivity index (χ0) is 27.3. The van der Waals surface area contributed by atoms with Crippen LogP contribution >= 0.6 is 0 Å². The van der Waals surface area contributed by atoms with Crippen molar-refractivity contribution < 1.29 is 19.1 Å². The Labute approximate surface area is 234 Å². The summed E-state index contributed by atoms with van der Waals surface area (Å²) in [5.74, 6) is 1.26. The van der Waals surface area contributed by atoms with E-state index in [0.29, 0.717) is 30.3 Å². The number of hydrogen-bond donors (Lipinski definition) is 2. The molecule has 8 nitrogen and oxygen atoms in total. The summed E-state index contributed by atoms with van der Waals surface area (Å²) in [5, 5.41) is 13.8. The average molecular weight is 541 g/mol. The summed E-state index contributed by atoms with van der Waals surface area (Å²) < 4.78 is 11.7. The second-order valence-electron chi connectivity index (χ2n) is 10.8. The number of rotatable bonds is 9. The number of hydrogen-bond acceptors (Lipinski definition) is 7. The minimum atomic E-state index is -0.619. The monoisotopic (exact) mass is 540 g/mol. The number of aliphatic hydroxyl groups excluding tert-OH is 1. The molecule has 40 heavy (non-hydrogen) atoms. The van der Waals surface area contributed by atoms with Crippen molar-refractivity contribution in [2.45, 2.75) is 31.8 Å². The molecular formula is C32H36N4O4. The molecular weight excluding hydrogens is 504 g/mol. The van der Waals surface area contributed by atoms with Crippen molar-refractivity contribution in [2.75, 3.05) is 51.2 Å². The third-order valence-corrected chi connectivity index (χ3v) is 7.79. The Morgan fingerprint density at radius 1 is 0.975 bits per heavy atom. The number of carbonyl (C=O) groups is 1. The molecule has 8 heteroatoms. The SMILES string of the molecule is O=C(CN1CCN(C[C@@H](O)COc2ccc3oc(-c4ccccc4)nc3c2)CC1)Nc1cccc2c1CCCC2. The van der Waals surface area contributed by atoms with Crippen LogP contribution < -0.4 is 10.1 Å². The molecule has 6 rings (SSSR count). The van der Waals surface area contributed by atoms with E-state index >= 15 is 0 Å². The number of oxazole rings is 1. The molecule has 1 aliphatic carbocycles. The molecule has 1 aliphatic heterocycles. The van der Waals surface area contributed by atoms with Gasteiger partial charge in [0.15, 0.2) is 5.58 Å². The highest BCUT2D eigenvalue weighted by atomic mass is 16.5. The second kappa shape index (κ2) is 12.2. The van der Waals surface area contributed by atoms with Gasteiger partial charge in [-0.3, -0.25) is 14.6 Å². The number of nitrogens with one attached hydrogen (secondary N) is 1. The molecule has 3 aromatic carbocycles. The predicted octanol–water partition coefficient (Wildman–Crippen LogP) is 4.37. The molecule has 0 radical (unpaired) electrons. The number of fused-ring (bicyclic) bond motifs is 2. The molecule has 2 aliphatic rings. The van der Waals surface area contributed by atoms with Gasteiger partial charge in [0.25, 0.3) is 0 Å². The number of anilines is 1. The molecule has 1 aromatic heterocycles. The van der Waals surface area contributed by atoms with Gasteiger partial charge < -0.3 is 19.6 Å². The first-order valence-corrected chi connectivity index (χ1v) is 14.2. The fraction of sp³-hybridized carbons (Fsp3) is 0.375. The summed E-state index contributed by atoms with van der Waals surface area (Å²) >= 11 is 0. The predicted molar refractivity (Wildman–Crippen MR) is 156 cm³/mol. The lowest BCUT2D eigenvalue weighted by Gasteiger charge is -2.35. The van der Waals surface area contributed by atoms with E-state index in [-0.39, 0.29) is 12.5 Å². The largest absolute Gasteiger partial charge is 0.491 e. The third kappa shape index (κ3) is 6.36. The van der Waals surface area contributed by atoms with Gasteiger partial charge in [-0.2, -0.15) is 0 Å². The van der Waals surface area contributed by atoms with E-state index in [0.717, 1.165) is 55.8 Å². The molecule has 1 fully saturated rings. The zero-order valence-electron chi connectivity index (χ0n) is 22.7. The third-order valence-electron chi connectivity index (χ3n) is 7.79. The van der Waals surface area contributed by atoms with E-state index in [1.807, 2.05) is 60.7 Å². The second-order valence-corrected chi connectivity index (χ2v) is 10.8. The molecule has 0 saturated carbocycles. The van der Waals surface area contributed by atoms with Crippen LogP contribution in [0.15, 0.2) is 71.1 Å². The Bertz CT molecular complexity index is 1450. The highest BCUT2D eigenvalue weighted by Crippen LogP contribution is 2.28. The molecule has 1 atom stereocenters. The number of β-amino-alcohol motifs (C(OH)–C–C–N with tert-alkyl or cyclic N) is 1. The maximum absolute atomic E-state index is 12.8. The number of carbonyl (C=O) groups excluding carboxylic acids is 1. The molecule has 2 heterocycles. The van der Waals surface area contributed by atoms with Crippen molar-refractivity contribution in [2.24, 2.45) is 0 Å². The lowest BCUT2D eigenvalue weighted by Crippen LogP contribution is -2.50. The quantitative estimate of drug-likeness (QED) is 0.326. The van der Waals surface area contributed by atoms with Gasteiger partial charge in [-0.05, 0) is 67.1 Å². The molecule has 1 saturated heterocycles. The fourth-order valence-electron chi connectivity index (χ4n) is 5.67. The van der Waals surface area contributed by atoms with Gasteiger partial charge in [0.05, 0.1) is 6.54 Å². The van der Waals surface area contributed by atoms with Crippen molar-refractivity contribution in [1.82, 2.24) is 14.8 Å². The first-order chi connectivity index (χ1) is 19.6. The molecule has 0 unspecified atom stereocenters. The Morgan fingerprint density at radius 2 is 1.77 bits per heavy atom. The Kier molecular flexibility index (Phi) is 8.09. The summed E-state index contributed by atoms with van der Waals surface area (Å²) in [6.07, 6.45) is 3.94. The van der Waals surface area contributed by atoms with Gasteiger partial charge in [-0.1, -0.05) is 30.3 Å². The highest BCUT2D eigenvalue weighted by Gasteiger charge is 2.22. The molecule has 2 N–H and O–H groups in total. The normalized spacial score (nSPS) is 16.9. The van der Waals surface area contributed by atoms with Crippen molar-refractivity contribution in [3.05, 3.63) is 77.9 Å². The van der Waals surface area contributed by atoms with E-state index in [9.17, 15) is 9.90 Å². The lowest BCUT2D eigenvalue weighted by molar-refractivity contribution is -0.117. The number of piperazine rings is 1. The number of aliphatic hydroxyl groups is 1. The van der Waals surface area contributed by atoms with Crippen molar-refractivity contribution in [3.63, 3.8) is 0 Å². The first kappa shape index (κ1) is 26.5. The number of benzene rings is 3. The van der Waals surface area contributed by atoms with Gasteiger partial charge >= 0.3 is 0 Å². The van der Waals surface area contributed by atoms with E-state index in [1.165, 1.54) is 24.0 Å². The molecule has 208 valence electrons. The Morgan fingerprint density at radius 3 is 2.62 bits per heavy atom. The molecule has 1 amide bonds. The fourth-order valence-corrected chi connectivity index (χ4v) is 5.67. The number of nitrogens with zero attached hydrogens (tertiary/aromatic N) is 3. The minimum absolute atomic E-state index is 0.0424. The van der Waals surface area contributed by atoms with Crippen LogP contribution in [0.4, 0.5) is 5.69 Å². The van der Waals surface area contributed by atoms with E-state index < -0.39 is 6.10 Å². The van der Waals surface area contributed by atoms with Gasteiger partial charge in [0.1, 0.15) is 24.0 Å². The topological polar surface area (TPSA) is 91.1 Å². The molecule has 0 bridgehead atoms. The van der Waals surface area contributed by atoms with Crippen molar-refractivity contribution >= 4 is 22.7 Å². The van der Waals surface area contributed by atoms with Gasteiger partial charge in [-0.25, -0.2) is 4.98 Å². The number of amides is 1. The number of aryl methyl sites for hydroxylation is 1. The van der Waals surface area contributed by atoms with Crippen LogP contribution in [-0.4, -0.2) is 77.8 Å². The summed E-state index contributed by atoms with van der Waals surface area (Å²) in [4.78, 5) is 21.8. The molecule has 4 aromatic rings. The van der Waals surface area contributed by atoms with E-state index in [2.05, 4.69) is 26.2 Å². The smallest absolute Gasteiger partial charge is 0.238 e. The van der Waals surface area contributed by atoms with Crippen LogP contribution in [0.2, 0.25) is 0 Å². The van der Waals surface area contributed by atoms with Crippen molar-refractivity contribution in [3.8, 4) is 17.2 Å². The van der Waals surface area contributed by atoms with E-state index in [4.69, 9.17) is 9.15 Å². The van der Waals surface area contributed by atoms with E-state index in [1.54, 1.807) is 0 Å². The van der Waals surface area contributed by atoms with Gasteiger partial charge in [0.2, 0.25) is 11.8 Å². The zero-order valence-corrected chi connectivity index (χ0v) is 22.7. The van der Waals surface area contributed by atoms with Crippen LogP contribution in [-0.2, 0) is 17.6 Å². The summed E-state index contributed by atoms with van der Waals surface area (Å²) in [6, 6.07) is 21.6. The number of aromatic nitrogens is 1. The maximum atomic E-state index is 12.8.